The third-order valence-corrected chi connectivity index (χ3v) is 5.39. The minimum absolute atomic E-state index is 0.0116. The Morgan fingerprint density at radius 1 is 0.906 bits per heavy atom. The van der Waals surface area contributed by atoms with Crippen molar-refractivity contribution in [1.82, 2.24) is 9.80 Å². The number of hydrogen-bond acceptors (Lipinski definition) is 4. The average molecular weight is 437 g/mol. The fourth-order valence-electron chi connectivity index (χ4n) is 3.58. The molecule has 6 heteroatoms. The molecule has 2 aromatic heterocycles. The number of benzene rings is 1. The molecule has 0 aliphatic rings. The lowest BCUT2D eigenvalue weighted by Gasteiger charge is -2.27. The van der Waals surface area contributed by atoms with Gasteiger partial charge in [0.25, 0.3) is 5.91 Å². The van der Waals surface area contributed by atoms with E-state index in [4.69, 9.17) is 8.83 Å². The Bertz CT molecular complexity index is 963. The summed E-state index contributed by atoms with van der Waals surface area (Å²) in [5.74, 6) is 1.44. The Morgan fingerprint density at radius 2 is 1.72 bits per heavy atom. The van der Waals surface area contributed by atoms with Gasteiger partial charge in [-0.1, -0.05) is 50.1 Å². The van der Waals surface area contributed by atoms with Crippen LogP contribution in [0.1, 0.15) is 53.8 Å². The first-order valence-electron chi connectivity index (χ1n) is 11.3. The molecule has 2 amide bonds. The van der Waals surface area contributed by atoms with E-state index in [9.17, 15) is 9.59 Å². The molecule has 0 atom stereocenters. The molecule has 3 aromatic rings. The van der Waals surface area contributed by atoms with Crippen LogP contribution in [0.3, 0.4) is 0 Å². The van der Waals surface area contributed by atoms with E-state index in [0.717, 1.165) is 42.8 Å². The predicted octanol–water partition coefficient (Wildman–Crippen LogP) is 5.08. The van der Waals surface area contributed by atoms with Crippen LogP contribution in [0.5, 0.6) is 0 Å². The number of unbranched alkanes of at least 4 members (excludes halogenated alkanes) is 2. The number of carbonyl (C=O) groups excluding carboxylic acids is 2. The van der Waals surface area contributed by atoms with E-state index in [1.54, 1.807) is 21.9 Å². The molecule has 0 aliphatic carbocycles. The number of rotatable bonds is 12. The van der Waals surface area contributed by atoms with E-state index < -0.39 is 0 Å². The quantitative estimate of drug-likeness (QED) is 0.371. The highest BCUT2D eigenvalue weighted by atomic mass is 16.3. The molecule has 6 nitrogen and oxygen atoms in total. The summed E-state index contributed by atoms with van der Waals surface area (Å²) in [6.45, 7) is 5.44. The molecule has 2 heterocycles. The van der Waals surface area contributed by atoms with Gasteiger partial charge in [0.05, 0.1) is 12.8 Å². The predicted molar refractivity (Wildman–Crippen MR) is 123 cm³/mol. The minimum Gasteiger partial charge on any atom is -0.464 e. The number of hydrogen-bond donors (Lipinski definition) is 0. The standard InChI is InChI=1S/C26H32N2O4/c1-3-4-8-16-28(26(30)24-12-9-18-31-24)20-25(29)27(19-23-14-13-21(2)32-23)17-15-22-10-6-5-7-11-22/h5-7,9-14,18H,3-4,8,15-17,19-20H2,1-2H3. The minimum atomic E-state index is -0.253. The van der Waals surface area contributed by atoms with Gasteiger partial charge < -0.3 is 18.6 Å². The summed E-state index contributed by atoms with van der Waals surface area (Å²) in [5.41, 5.74) is 1.16. The van der Waals surface area contributed by atoms with Crippen LogP contribution in [-0.2, 0) is 17.8 Å². The molecule has 0 unspecified atom stereocenters. The maximum absolute atomic E-state index is 13.4. The molecule has 32 heavy (non-hydrogen) atoms. The zero-order valence-electron chi connectivity index (χ0n) is 19.0. The maximum atomic E-state index is 13.4. The highest BCUT2D eigenvalue weighted by molar-refractivity contribution is 5.94. The van der Waals surface area contributed by atoms with Crippen LogP contribution < -0.4 is 0 Å². The fraction of sp³-hybridized carbons (Fsp3) is 0.385. The second-order valence-corrected chi connectivity index (χ2v) is 7.97. The molecule has 0 N–H and O–H groups in total. The van der Waals surface area contributed by atoms with E-state index in [1.807, 2.05) is 37.3 Å². The second-order valence-electron chi connectivity index (χ2n) is 7.97. The van der Waals surface area contributed by atoms with Gasteiger partial charge in [-0.05, 0) is 49.6 Å². The molecule has 3 rings (SSSR count). The lowest BCUT2D eigenvalue weighted by molar-refractivity contribution is -0.132. The van der Waals surface area contributed by atoms with E-state index >= 15 is 0 Å². The highest BCUT2D eigenvalue weighted by Gasteiger charge is 2.24. The lowest BCUT2D eigenvalue weighted by Crippen LogP contribution is -2.43. The van der Waals surface area contributed by atoms with Crippen molar-refractivity contribution in [3.8, 4) is 0 Å². The van der Waals surface area contributed by atoms with Gasteiger partial charge in [-0.15, -0.1) is 0 Å². The van der Waals surface area contributed by atoms with Crippen molar-refractivity contribution >= 4 is 11.8 Å². The summed E-state index contributed by atoms with van der Waals surface area (Å²) in [6, 6.07) is 17.2. The Morgan fingerprint density at radius 3 is 2.38 bits per heavy atom. The number of amides is 2. The van der Waals surface area contributed by atoms with Crippen molar-refractivity contribution in [3.63, 3.8) is 0 Å². The molecule has 0 radical (unpaired) electrons. The highest BCUT2D eigenvalue weighted by Crippen LogP contribution is 2.13. The van der Waals surface area contributed by atoms with Crippen molar-refractivity contribution in [2.24, 2.45) is 0 Å². The first-order valence-corrected chi connectivity index (χ1v) is 11.3. The summed E-state index contributed by atoms with van der Waals surface area (Å²) < 4.78 is 11.0. The van der Waals surface area contributed by atoms with Gasteiger partial charge in [0.1, 0.15) is 18.1 Å². The van der Waals surface area contributed by atoms with E-state index in [-0.39, 0.29) is 24.1 Å². The molecule has 0 fully saturated rings. The maximum Gasteiger partial charge on any atom is 0.290 e. The summed E-state index contributed by atoms with van der Waals surface area (Å²) in [5, 5.41) is 0. The normalized spacial score (nSPS) is 10.8. The summed E-state index contributed by atoms with van der Waals surface area (Å²) in [7, 11) is 0. The Hall–Kier alpha value is -3.28. The van der Waals surface area contributed by atoms with Crippen LogP contribution in [0.4, 0.5) is 0 Å². The molecule has 0 saturated carbocycles. The lowest BCUT2D eigenvalue weighted by atomic mass is 10.1. The first kappa shape index (κ1) is 23.4. The second kappa shape index (κ2) is 11.9. The van der Waals surface area contributed by atoms with Crippen molar-refractivity contribution < 1.29 is 18.4 Å². The summed E-state index contributed by atoms with van der Waals surface area (Å²) in [6.07, 6.45) is 5.09. The van der Waals surface area contributed by atoms with E-state index in [2.05, 4.69) is 19.1 Å². The third kappa shape index (κ3) is 6.87. The molecular formula is C26H32N2O4. The van der Waals surface area contributed by atoms with Gasteiger partial charge >= 0.3 is 0 Å². The molecule has 0 bridgehead atoms. The number of nitrogens with zero attached hydrogens (tertiary/aromatic N) is 2. The van der Waals surface area contributed by atoms with Crippen LogP contribution >= 0.6 is 0 Å². The zero-order chi connectivity index (χ0) is 22.8. The number of aryl methyl sites for hydroxylation is 1. The number of furan rings is 2. The molecule has 0 saturated heterocycles. The monoisotopic (exact) mass is 436 g/mol. The molecular weight excluding hydrogens is 404 g/mol. The van der Waals surface area contributed by atoms with Gasteiger partial charge in [0.15, 0.2) is 5.76 Å². The van der Waals surface area contributed by atoms with Gasteiger partial charge in [-0.2, -0.15) is 0 Å². The van der Waals surface area contributed by atoms with Gasteiger partial charge in [0.2, 0.25) is 5.91 Å². The Kier molecular flexibility index (Phi) is 8.72. The largest absolute Gasteiger partial charge is 0.464 e. The summed E-state index contributed by atoms with van der Waals surface area (Å²) in [4.78, 5) is 29.7. The molecule has 170 valence electrons. The van der Waals surface area contributed by atoms with Crippen LogP contribution in [0.2, 0.25) is 0 Å². The molecule has 0 aliphatic heterocycles. The van der Waals surface area contributed by atoms with Gasteiger partial charge in [-0.3, -0.25) is 9.59 Å². The van der Waals surface area contributed by atoms with Crippen LogP contribution in [-0.4, -0.2) is 41.2 Å². The SMILES string of the molecule is CCCCCN(CC(=O)N(CCc1ccccc1)Cc1ccc(C)o1)C(=O)c1ccco1. The average Bonchev–Trinajstić information content (AvgIpc) is 3.48. The zero-order valence-corrected chi connectivity index (χ0v) is 19.0. The topological polar surface area (TPSA) is 66.9 Å². The molecule has 1 aromatic carbocycles. The fourth-order valence-corrected chi connectivity index (χ4v) is 3.58. The van der Waals surface area contributed by atoms with Gasteiger partial charge in [0, 0.05) is 13.1 Å². The first-order chi connectivity index (χ1) is 15.6. The number of carbonyl (C=O) groups is 2. The molecule has 0 spiro atoms. The van der Waals surface area contributed by atoms with Crippen LogP contribution in [0.15, 0.2) is 69.7 Å². The smallest absolute Gasteiger partial charge is 0.290 e. The van der Waals surface area contributed by atoms with Crippen molar-refractivity contribution in [1.29, 1.82) is 0 Å². The van der Waals surface area contributed by atoms with Crippen molar-refractivity contribution in [2.75, 3.05) is 19.6 Å². The van der Waals surface area contributed by atoms with E-state index in [0.29, 0.717) is 19.6 Å². The van der Waals surface area contributed by atoms with Crippen molar-refractivity contribution in [2.45, 2.75) is 46.1 Å². The van der Waals surface area contributed by atoms with Crippen molar-refractivity contribution in [3.05, 3.63) is 83.7 Å². The Labute approximate surface area is 189 Å². The summed E-state index contributed by atoms with van der Waals surface area (Å²) >= 11 is 0. The third-order valence-electron chi connectivity index (χ3n) is 5.39. The van der Waals surface area contributed by atoms with E-state index in [1.165, 1.54) is 6.26 Å². The Balaban J connectivity index is 1.72. The van der Waals surface area contributed by atoms with Gasteiger partial charge in [-0.25, -0.2) is 0 Å². The van der Waals surface area contributed by atoms with Crippen LogP contribution in [0.25, 0.3) is 0 Å². The van der Waals surface area contributed by atoms with Crippen LogP contribution in [0, 0.1) is 6.92 Å².